The molecule has 0 aliphatic carbocycles. The minimum atomic E-state index is -0.720. The molecule has 6 heteroatoms. The van der Waals surface area contributed by atoms with Crippen LogP contribution < -0.4 is 0 Å². The van der Waals surface area contributed by atoms with E-state index in [1.807, 2.05) is 18.2 Å². The zero-order valence-electron chi connectivity index (χ0n) is 15.9. The summed E-state index contributed by atoms with van der Waals surface area (Å²) in [7, 11) is 0. The fourth-order valence-electron chi connectivity index (χ4n) is 4.16. The van der Waals surface area contributed by atoms with Crippen molar-refractivity contribution in [2.24, 2.45) is 5.41 Å². The molecular formula is C20H28N4O2. The summed E-state index contributed by atoms with van der Waals surface area (Å²) >= 11 is 0. The van der Waals surface area contributed by atoms with Gasteiger partial charge >= 0.3 is 0 Å². The van der Waals surface area contributed by atoms with E-state index in [-0.39, 0.29) is 11.5 Å². The number of tetrazole rings is 1. The Morgan fingerprint density at radius 3 is 2.50 bits per heavy atom. The van der Waals surface area contributed by atoms with Crippen molar-refractivity contribution in [3.63, 3.8) is 0 Å². The van der Waals surface area contributed by atoms with Crippen LogP contribution in [0, 0.1) is 5.41 Å². The van der Waals surface area contributed by atoms with Gasteiger partial charge in [0.15, 0.2) is 5.72 Å². The summed E-state index contributed by atoms with van der Waals surface area (Å²) in [6.07, 6.45) is 4.12. The van der Waals surface area contributed by atoms with E-state index in [4.69, 9.17) is 9.47 Å². The molecule has 1 aliphatic rings. The molecule has 1 saturated heterocycles. The van der Waals surface area contributed by atoms with E-state index in [0.29, 0.717) is 19.6 Å². The maximum Gasteiger partial charge on any atom is 0.186 e. The lowest BCUT2D eigenvalue weighted by atomic mass is 9.66. The summed E-state index contributed by atoms with van der Waals surface area (Å²) in [6.45, 7) is 12.0. The summed E-state index contributed by atoms with van der Waals surface area (Å²) in [5, 5.41) is 11.7. The van der Waals surface area contributed by atoms with Crippen molar-refractivity contribution >= 4 is 0 Å². The van der Waals surface area contributed by atoms with Crippen LogP contribution in [0.2, 0.25) is 0 Å². The standard InChI is InChI=1S/C20H28N4O2/c1-5-19(6-2)16(4)20(7-3,24-15-21-22-23-24)26-14-18(19)25-13-17-11-9-8-10-12-17/h8-12,15,18H,4-7,13-14H2,1-3H3. The summed E-state index contributed by atoms with van der Waals surface area (Å²) in [4.78, 5) is 0. The minimum absolute atomic E-state index is 0.0543. The Kier molecular flexibility index (Phi) is 5.53. The van der Waals surface area contributed by atoms with Crippen LogP contribution in [0.5, 0.6) is 0 Å². The molecule has 0 N–H and O–H groups in total. The van der Waals surface area contributed by atoms with Crippen LogP contribution in [0.1, 0.15) is 45.6 Å². The number of ether oxygens (including phenoxy) is 2. The van der Waals surface area contributed by atoms with Gasteiger partial charge in [0.1, 0.15) is 6.33 Å². The Bertz CT molecular complexity index is 713. The van der Waals surface area contributed by atoms with Crippen LogP contribution in [0.15, 0.2) is 48.8 Å². The molecule has 140 valence electrons. The highest BCUT2D eigenvalue weighted by atomic mass is 16.6. The van der Waals surface area contributed by atoms with Gasteiger partial charge in [0.05, 0.1) is 19.3 Å². The van der Waals surface area contributed by atoms with Crippen molar-refractivity contribution in [3.8, 4) is 0 Å². The van der Waals surface area contributed by atoms with E-state index in [9.17, 15) is 0 Å². The van der Waals surface area contributed by atoms with Crippen LogP contribution in [0.3, 0.4) is 0 Å². The molecule has 1 aromatic heterocycles. The Hall–Kier alpha value is -2.05. The summed E-state index contributed by atoms with van der Waals surface area (Å²) in [6, 6.07) is 10.2. The highest BCUT2D eigenvalue weighted by Crippen LogP contribution is 2.52. The third-order valence-electron chi connectivity index (χ3n) is 5.92. The molecule has 0 bridgehead atoms. The van der Waals surface area contributed by atoms with Crippen molar-refractivity contribution in [3.05, 3.63) is 54.4 Å². The lowest BCUT2D eigenvalue weighted by Crippen LogP contribution is -2.56. The monoisotopic (exact) mass is 356 g/mol. The van der Waals surface area contributed by atoms with Crippen molar-refractivity contribution in [1.29, 1.82) is 0 Å². The first-order chi connectivity index (χ1) is 12.6. The molecule has 1 aliphatic heterocycles. The molecule has 0 amide bonds. The number of nitrogens with zero attached hydrogens (tertiary/aromatic N) is 4. The number of hydrogen-bond acceptors (Lipinski definition) is 5. The van der Waals surface area contributed by atoms with Crippen LogP contribution in [0.25, 0.3) is 0 Å². The van der Waals surface area contributed by atoms with Gasteiger partial charge in [0.25, 0.3) is 0 Å². The van der Waals surface area contributed by atoms with E-state index in [2.05, 4.69) is 55.0 Å². The molecule has 2 aromatic rings. The van der Waals surface area contributed by atoms with E-state index >= 15 is 0 Å². The van der Waals surface area contributed by atoms with Crippen molar-refractivity contribution in [1.82, 2.24) is 20.2 Å². The van der Waals surface area contributed by atoms with Crippen molar-refractivity contribution in [2.45, 2.75) is 58.5 Å². The van der Waals surface area contributed by atoms with Gasteiger partial charge in [0.2, 0.25) is 0 Å². The topological polar surface area (TPSA) is 62.1 Å². The van der Waals surface area contributed by atoms with Gasteiger partial charge in [-0.25, -0.2) is 0 Å². The molecule has 0 radical (unpaired) electrons. The van der Waals surface area contributed by atoms with Crippen LogP contribution >= 0.6 is 0 Å². The molecule has 6 nitrogen and oxygen atoms in total. The van der Waals surface area contributed by atoms with Crippen LogP contribution in [-0.2, 0) is 21.8 Å². The summed E-state index contributed by atoms with van der Waals surface area (Å²) in [5.74, 6) is 0. The third kappa shape index (κ3) is 2.97. The van der Waals surface area contributed by atoms with E-state index < -0.39 is 5.72 Å². The average molecular weight is 356 g/mol. The molecule has 1 fully saturated rings. The molecule has 1 aromatic carbocycles. The molecule has 2 atom stereocenters. The van der Waals surface area contributed by atoms with Gasteiger partial charge in [-0.2, -0.15) is 4.68 Å². The van der Waals surface area contributed by atoms with Gasteiger partial charge in [-0.15, -0.1) is 5.10 Å². The molecule has 0 spiro atoms. The maximum atomic E-state index is 6.35. The van der Waals surface area contributed by atoms with E-state index in [1.165, 1.54) is 0 Å². The zero-order valence-corrected chi connectivity index (χ0v) is 15.9. The van der Waals surface area contributed by atoms with Crippen molar-refractivity contribution in [2.75, 3.05) is 6.61 Å². The Morgan fingerprint density at radius 2 is 1.92 bits per heavy atom. The van der Waals surface area contributed by atoms with E-state index in [1.54, 1.807) is 11.0 Å². The Morgan fingerprint density at radius 1 is 1.19 bits per heavy atom. The van der Waals surface area contributed by atoms with Crippen molar-refractivity contribution < 1.29 is 9.47 Å². The van der Waals surface area contributed by atoms with Gasteiger partial charge in [-0.05, 0) is 40.8 Å². The lowest BCUT2D eigenvalue weighted by molar-refractivity contribution is -0.203. The lowest BCUT2D eigenvalue weighted by Gasteiger charge is -2.52. The van der Waals surface area contributed by atoms with Gasteiger partial charge in [0, 0.05) is 5.41 Å². The number of hydrogen-bond donors (Lipinski definition) is 0. The first-order valence-electron chi connectivity index (χ1n) is 9.35. The van der Waals surface area contributed by atoms with Gasteiger partial charge in [-0.1, -0.05) is 57.7 Å². The van der Waals surface area contributed by atoms with Gasteiger partial charge < -0.3 is 9.47 Å². The largest absolute Gasteiger partial charge is 0.370 e. The molecule has 2 unspecified atom stereocenters. The SMILES string of the molecule is C=C1C(CC)(CC)C(OCc2ccccc2)COC1(CC)n1cnnn1. The summed E-state index contributed by atoms with van der Waals surface area (Å²) < 4.78 is 14.4. The second-order valence-corrected chi connectivity index (χ2v) is 6.83. The second kappa shape index (κ2) is 7.68. The maximum absolute atomic E-state index is 6.35. The smallest absolute Gasteiger partial charge is 0.186 e. The Balaban J connectivity index is 1.88. The first-order valence-corrected chi connectivity index (χ1v) is 9.35. The molecule has 3 rings (SSSR count). The molecule has 26 heavy (non-hydrogen) atoms. The normalized spacial score (nSPS) is 25.3. The summed E-state index contributed by atoms with van der Waals surface area (Å²) in [5.41, 5.74) is 1.25. The fraction of sp³-hybridized carbons (Fsp3) is 0.550. The molecule has 2 heterocycles. The predicted molar refractivity (Wildman–Crippen MR) is 99.2 cm³/mol. The number of aromatic nitrogens is 4. The highest BCUT2D eigenvalue weighted by molar-refractivity contribution is 5.24. The average Bonchev–Trinajstić information content (AvgIpc) is 3.23. The number of benzene rings is 1. The second-order valence-electron chi connectivity index (χ2n) is 6.83. The zero-order chi connectivity index (χ0) is 18.6. The third-order valence-corrected chi connectivity index (χ3v) is 5.92. The fourth-order valence-corrected chi connectivity index (χ4v) is 4.16. The Labute approximate surface area is 155 Å². The van der Waals surface area contributed by atoms with E-state index in [0.717, 1.165) is 24.0 Å². The minimum Gasteiger partial charge on any atom is -0.370 e. The quantitative estimate of drug-likeness (QED) is 0.708. The van der Waals surface area contributed by atoms with Crippen LogP contribution in [0.4, 0.5) is 0 Å². The number of rotatable bonds is 7. The predicted octanol–water partition coefficient (Wildman–Crippen LogP) is 3.71. The molecular weight excluding hydrogens is 328 g/mol. The molecule has 0 saturated carbocycles. The van der Waals surface area contributed by atoms with Crippen LogP contribution in [-0.4, -0.2) is 32.9 Å². The van der Waals surface area contributed by atoms with Gasteiger partial charge in [-0.3, -0.25) is 0 Å². The first kappa shape index (κ1) is 18.7. The highest BCUT2D eigenvalue weighted by Gasteiger charge is 2.54.